The van der Waals surface area contributed by atoms with Crippen LogP contribution in [0.25, 0.3) is 0 Å². The lowest BCUT2D eigenvalue weighted by atomic mass is 10.1. The Labute approximate surface area is 74.7 Å². The topological polar surface area (TPSA) is 21.3 Å². The Balaban J connectivity index is 2.03. The zero-order valence-electron chi connectivity index (χ0n) is 8.42. The molecule has 2 nitrogen and oxygen atoms in total. The third-order valence-corrected chi connectivity index (χ3v) is 4.07. The lowest BCUT2D eigenvalue weighted by Crippen LogP contribution is -2.28. The van der Waals surface area contributed by atoms with Gasteiger partial charge in [-0.3, -0.25) is 0 Å². The number of methoxy groups -OCH3 is 1. The molecule has 0 saturated heterocycles. The van der Waals surface area contributed by atoms with Crippen molar-refractivity contribution in [1.29, 1.82) is 0 Å². The Morgan fingerprint density at radius 1 is 1.33 bits per heavy atom. The molecular formula is C10H19NO. The van der Waals surface area contributed by atoms with E-state index in [4.69, 9.17) is 4.74 Å². The van der Waals surface area contributed by atoms with Crippen LogP contribution in [-0.4, -0.2) is 25.8 Å². The van der Waals surface area contributed by atoms with E-state index in [1.165, 1.54) is 6.42 Å². The zero-order valence-corrected chi connectivity index (χ0v) is 8.42. The van der Waals surface area contributed by atoms with Gasteiger partial charge in [0, 0.05) is 13.2 Å². The summed E-state index contributed by atoms with van der Waals surface area (Å²) in [4.78, 5) is 0. The standard InChI is InChI=1S/C10H19NO/c1-6-7(2)9(6)10(12-4)5-8(10)11-3/h6-9,11H,5H2,1-4H3. The Morgan fingerprint density at radius 3 is 2.17 bits per heavy atom. The molecule has 2 aliphatic rings. The summed E-state index contributed by atoms with van der Waals surface area (Å²) in [7, 11) is 3.89. The van der Waals surface area contributed by atoms with Crippen LogP contribution in [0.4, 0.5) is 0 Å². The number of hydrogen-bond donors (Lipinski definition) is 1. The maximum atomic E-state index is 5.65. The van der Waals surface area contributed by atoms with Crippen molar-refractivity contribution in [1.82, 2.24) is 5.32 Å². The van der Waals surface area contributed by atoms with Gasteiger partial charge in [0.1, 0.15) is 0 Å². The van der Waals surface area contributed by atoms with Crippen molar-refractivity contribution >= 4 is 0 Å². The predicted octanol–water partition coefficient (Wildman–Crippen LogP) is 1.27. The van der Waals surface area contributed by atoms with E-state index < -0.39 is 0 Å². The molecule has 0 amide bonds. The summed E-state index contributed by atoms with van der Waals surface area (Å²) in [5.41, 5.74) is 0.202. The summed E-state index contributed by atoms with van der Waals surface area (Å²) in [6.45, 7) is 4.67. The van der Waals surface area contributed by atoms with E-state index in [2.05, 4.69) is 19.2 Å². The average molecular weight is 169 g/mol. The third kappa shape index (κ3) is 0.882. The molecule has 4 unspecified atom stereocenters. The van der Waals surface area contributed by atoms with Gasteiger partial charge in [0.25, 0.3) is 0 Å². The molecular weight excluding hydrogens is 150 g/mol. The van der Waals surface area contributed by atoms with Crippen molar-refractivity contribution in [3.05, 3.63) is 0 Å². The summed E-state index contributed by atoms with van der Waals surface area (Å²) in [5.74, 6) is 2.53. The van der Waals surface area contributed by atoms with E-state index >= 15 is 0 Å². The first kappa shape index (κ1) is 8.52. The molecule has 1 N–H and O–H groups in total. The van der Waals surface area contributed by atoms with Gasteiger partial charge in [-0.2, -0.15) is 0 Å². The van der Waals surface area contributed by atoms with Crippen LogP contribution in [0.3, 0.4) is 0 Å². The largest absolute Gasteiger partial charge is 0.376 e. The predicted molar refractivity (Wildman–Crippen MR) is 49.0 cm³/mol. The molecule has 70 valence electrons. The zero-order chi connectivity index (χ0) is 8.93. The van der Waals surface area contributed by atoms with Crippen molar-refractivity contribution in [3.8, 4) is 0 Å². The molecule has 0 spiro atoms. The van der Waals surface area contributed by atoms with Crippen LogP contribution in [-0.2, 0) is 4.74 Å². The lowest BCUT2D eigenvalue weighted by Gasteiger charge is -2.15. The molecule has 2 aliphatic carbocycles. The highest BCUT2D eigenvalue weighted by molar-refractivity contribution is 5.21. The second-order valence-corrected chi connectivity index (χ2v) is 4.45. The minimum absolute atomic E-state index is 0.202. The smallest absolute Gasteiger partial charge is 0.0881 e. The van der Waals surface area contributed by atoms with Gasteiger partial charge in [-0.1, -0.05) is 13.8 Å². The van der Waals surface area contributed by atoms with Gasteiger partial charge in [0.15, 0.2) is 0 Å². The summed E-state index contributed by atoms with van der Waals surface area (Å²) < 4.78 is 5.65. The Kier molecular flexibility index (Phi) is 1.74. The quantitative estimate of drug-likeness (QED) is 0.687. The number of ether oxygens (including phenoxy) is 1. The second kappa shape index (κ2) is 2.46. The molecule has 0 radical (unpaired) electrons. The van der Waals surface area contributed by atoms with Crippen LogP contribution in [0, 0.1) is 17.8 Å². The maximum absolute atomic E-state index is 5.65. The summed E-state index contributed by atoms with van der Waals surface area (Å²) in [5, 5.41) is 3.32. The van der Waals surface area contributed by atoms with Crippen LogP contribution < -0.4 is 5.32 Å². The minimum atomic E-state index is 0.202. The average Bonchev–Trinajstić information content (AvgIpc) is 2.92. The Bertz CT molecular complexity index is 186. The first-order chi connectivity index (χ1) is 5.67. The van der Waals surface area contributed by atoms with Gasteiger partial charge in [-0.25, -0.2) is 0 Å². The van der Waals surface area contributed by atoms with Crippen molar-refractivity contribution in [2.45, 2.75) is 31.9 Å². The Morgan fingerprint density at radius 2 is 1.92 bits per heavy atom. The van der Waals surface area contributed by atoms with Gasteiger partial charge in [0.05, 0.1) is 5.60 Å². The molecule has 12 heavy (non-hydrogen) atoms. The monoisotopic (exact) mass is 169 g/mol. The fraction of sp³-hybridized carbons (Fsp3) is 1.00. The summed E-state index contributed by atoms with van der Waals surface area (Å²) in [6.07, 6.45) is 1.21. The van der Waals surface area contributed by atoms with Gasteiger partial charge in [0.2, 0.25) is 0 Å². The molecule has 2 heteroatoms. The van der Waals surface area contributed by atoms with E-state index in [0.717, 1.165) is 17.8 Å². The highest BCUT2D eigenvalue weighted by Gasteiger charge is 2.68. The molecule has 0 bridgehead atoms. The molecule has 0 aromatic heterocycles. The number of likely N-dealkylation sites (N-methyl/N-ethyl adjacent to an activating group) is 1. The lowest BCUT2D eigenvalue weighted by molar-refractivity contribution is 0.0460. The summed E-state index contributed by atoms with van der Waals surface area (Å²) >= 11 is 0. The number of nitrogens with one attached hydrogen (secondary N) is 1. The fourth-order valence-electron chi connectivity index (χ4n) is 2.89. The Hall–Kier alpha value is -0.0800. The first-order valence-electron chi connectivity index (χ1n) is 4.89. The number of rotatable bonds is 3. The van der Waals surface area contributed by atoms with Crippen LogP contribution in [0.15, 0.2) is 0 Å². The van der Waals surface area contributed by atoms with Crippen LogP contribution in [0.1, 0.15) is 20.3 Å². The SMILES string of the molecule is CNC1CC1(OC)C1C(C)C1C. The van der Waals surface area contributed by atoms with Gasteiger partial charge in [-0.15, -0.1) is 0 Å². The van der Waals surface area contributed by atoms with E-state index in [-0.39, 0.29) is 5.60 Å². The number of hydrogen-bond acceptors (Lipinski definition) is 2. The fourth-order valence-corrected chi connectivity index (χ4v) is 2.89. The normalized spacial score (nSPS) is 57.0. The second-order valence-electron chi connectivity index (χ2n) is 4.45. The maximum Gasteiger partial charge on any atom is 0.0881 e. The van der Waals surface area contributed by atoms with Crippen LogP contribution >= 0.6 is 0 Å². The molecule has 4 atom stereocenters. The van der Waals surface area contributed by atoms with Crippen molar-refractivity contribution in [2.24, 2.45) is 17.8 Å². The summed E-state index contributed by atoms with van der Waals surface area (Å²) in [6, 6.07) is 0.611. The molecule has 0 aromatic rings. The van der Waals surface area contributed by atoms with E-state index in [1.807, 2.05) is 14.2 Å². The highest BCUT2D eigenvalue weighted by atomic mass is 16.5. The third-order valence-electron chi connectivity index (χ3n) is 4.07. The molecule has 0 heterocycles. The first-order valence-corrected chi connectivity index (χ1v) is 4.89. The molecule has 2 saturated carbocycles. The van der Waals surface area contributed by atoms with Gasteiger partial charge in [-0.05, 0) is 31.2 Å². The molecule has 2 fully saturated rings. The highest BCUT2D eigenvalue weighted by Crippen LogP contribution is 2.62. The molecule has 0 aromatic carbocycles. The minimum Gasteiger partial charge on any atom is -0.376 e. The van der Waals surface area contributed by atoms with Crippen LogP contribution in [0.5, 0.6) is 0 Å². The molecule has 2 rings (SSSR count). The molecule has 0 aliphatic heterocycles. The van der Waals surface area contributed by atoms with E-state index in [1.54, 1.807) is 0 Å². The van der Waals surface area contributed by atoms with Gasteiger partial charge >= 0.3 is 0 Å². The van der Waals surface area contributed by atoms with Crippen molar-refractivity contribution in [2.75, 3.05) is 14.2 Å². The van der Waals surface area contributed by atoms with E-state index in [0.29, 0.717) is 6.04 Å². The van der Waals surface area contributed by atoms with Gasteiger partial charge < -0.3 is 10.1 Å². The van der Waals surface area contributed by atoms with Crippen molar-refractivity contribution < 1.29 is 4.74 Å². The van der Waals surface area contributed by atoms with Crippen molar-refractivity contribution in [3.63, 3.8) is 0 Å². The van der Waals surface area contributed by atoms with Crippen LogP contribution in [0.2, 0.25) is 0 Å². The van der Waals surface area contributed by atoms with E-state index in [9.17, 15) is 0 Å².